The number of fused-ring (bicyclic) bond motifs is 3. The highest BCUT2D eigenvalue weighted by Gasteiger charge is 2.13. The first-order chi connectivity index (χ1) is 11.2. The molecular weight excluding hydrogens is 354 g/mol. The van der Waals surface area contributed by atoms with Gasteiger partial charge in [0, 0.05) is 18.0 Å². The van der Waals surface area contributed by atoms with Crippen molar-refractivity contribution in [2.24, 2.45) is 0 Å². The number of aryl methyl sites for hydroxylation is 1. The summed E-state index contributed by atoms with van der Waals surface area (Å²) in [5.74, 6) is 1.66. The summed E-state index contributed by atoms with van der Waals surface area (Å²) >= 11 is 6.05. The maximum atomic E-state index is 9.19. The first-order valence-corrected chi connectivity index (χ1v) is 9.46. The lowest BCUT2D eigenvalue weighted by atomic mass is 10.3. The molecule has 0 aliphatic carbocycles. The average Bonchev–Trinajstić information content (AvgIpc) is 2.90. The van der Waals surface area contributed by atoms with Crippen LogP contribution in [-0.4, -0.2) is 45.4 Å². The summed E-state index contributed by atoms with van der Waals surface area (Å²) in [7, 11) is -3.67. The molecule has 8 nitrogen and oxygen atoms in total. The van der Waals surface area contributed by atoms with E-state index >= 15 is 0 Å². The number of benzene rings is 1. The van der Waals surface area contributed by atoms with E-state index in [1.54, 1.807) is 0 Å². The van der Waals surface area contributed by atoms with Crippen LogP contribution in [0.5, 0.6) is 0 Å². The topological polar surface area (TPSA) is 109 Å². The van der Waals surface area contributed by atoms with E-state index in [0.29, 0.717) is 11.3 Å². The number of rotatable bonds is 3. The maximum Gasteiger partial charge on any atom is 0.261 e. The van der Waals surface area contributed by atoms with Gasteiger partial charge in [0.05, 0.1) is 17.3 Å². The zero-order chi connectivity index (χ0) is 17.9. The van der Waals surface area contributed by atoms with Crippen LogP contribution < -0.4 is 5.32 Å². The van der Waals surface area contributed by atoms with Crippen molar-refractivity contribution in [2.75, 3.05) is 18.1 Å². The zero-order valence-electron chi connectivity index (χ0n) is 13.5. The summed E-state index contributed by atoms with van der Waals surface area (Å²) in [4.78, 5) is 4.58. The molecule has 0 bridgehead atoms. The van der Waals surface area contributed by atoms with E-state index in [9.17, 15) is 8.42 Å². The van der Waals surface area contributed by atoms with Gasteiger partial charge in [-0.2, -0.15) is 8.42 Å². The highest BCUT2D eigenvalue weighted by atomic mass is 35.5. The lowest BCUT2D eigenvalue weighted by Crippen LogP contribution is -2.04. The van der Waals surface area contributed by atoms with Crippen LogP contribution in [0.25, 0.3) is 16.7 Å². The molecule has 0 amide bonds. The fourth-order valence-electron chi connectivity index (χ4n) is 2.18. The number of nitrogens with one attached hydrogen (secondary N) is 1. The normalized spacial score (nSPS) is 11.4. The quantitative estimate of drug-likeness (QED) is 0.680. The largest absolute Gasteiger partial charge is 0.367 e. The summed E-state index contributed by atoms with van der Waals surface area (Å²) in [6.07, 6.45) is 1.53. The van der Waals surface area contributed by atoms with Crippen LogP contribution in [0.3, 0.4) is 0 Å². The Morgan fingerprint density at radius 2 is 1.96 bits per heavy atom. The molecule has 0 spiro atoms. The van der Waals surface area contributed by atoms with E-state index in [0.717, 1.165) is 41.3 Å². The molecule has 3 rings (SSSR count). The first kappa shape index (κ1) is 18.4. The van der Waals surface area contributed by atoms with Crippen LogP contribution in [0.15, 0.2) is 18.2 Å². The van der Waals surface area contributed by atoms with E-state index in [1.807, 2.05) is 29.5 Å². The Morgan fingerprint density at radius 1 is 1.29 bits per heavy atom. The van der Waals surface area contributed by atoms with Gasteiger partial charge in [0.15, 0.2) is 5.82 Å². The minimum Gasteiger partial charge on any atom is -0.367 e. The second-order valence-electron chi connectivity index (χ2n) is 4.99. The van der Waals surface area contributed by atoms with Gasteiger partial charge in [0.1, 0.15) is 5.82 Å². The number of aromatic nitrogens is 4. The fraction of sp³-hybridized carbons (Fsp3) is 0.357. The molecule has 2 heterocycles. The molecule has 2 N–H and O–H groups in total. The van der Waals surface area contributed by atoms with Crippen LogP contribution in [0, 0.1) is 0 Å². The monoisotopic (exact) mass is 371 g/mol. The van der Waals surface area contributed by atoms with E-state index < -0.39 is 10.1 Å². The van der Waals surface area contributed by atoms with Gasteiger partial charge >= 0.3 is 0 Å². The highest BCUT2D eigenvalue weighted by molar-refractivity contribution is 7.85. The van der Waals surface area contributed by atoms with Crippen molar-refractivity contribution in [2.45, 2.75) is 20.3 Å². The summed E-state index contributed by atoms with van der Waals surface area (Å²) in [5.41, 5.74) is 2.57. The van der Waals surface area contributed by atoms with Crippen LogP contribution in [0.2, 0.25) is 5.02 Å². The van der Waals surface area contributed by atoms with Crippen LogP contribution in [0.4, 0.5) is 5.82 Å². The van der Waals surface area contributed by atoms with Gasteiger partial charge < -0.3 is 5.32 Å². The molecule has 0 saturated carbocycles. The Bertz CT molecular complexity index is 963. The van der Waals surface area contributed by atoms with E-state index in [4.69, 9.17) is 16.2 Å². The molecule has 0 fully saturated rings. The van der Waals surface area contributed by atoms with Gasteiger partial charge in [-0.25, -0.2) is 4.98 Å². The molecule has 0 aliphatic heterocycles. The second kappa shape index (κ2) is 7.29. The molecule has 130 valence electrons. The number of hydrogen-bond acceptors (Lipinski definition) is 6. The van der Waals surface area contributed by atoms with Gasteiger partial charge in [0.25, 0.3) is 10.1 Å². The summed E-state index contributed by atoms with van der Waals surface area (Å²) in [6, 6.07) is 5.67. The molecule has 1 aromatic carbocycles. The molecule has 0 aliphatic rings. The smallest absolute Gasteiger partial charge is 0.261 e. The maximum absolute atomic E-state index is 9.19. The average molecular weight is 372 g/mol. The standard InChI is InChI=1S/C13H14ClN5.CH4O3S/c1-3-11-17-18-13-12(15-4-2)16-9-7-8(14)5-6-10(9)19(11)13;1-5(2,3)4/h5-7H,3-4H2,1-2H3,(H,15,16);1H3,(H,2,3,4). The zero-order valence-corrected chi connectivity index (χ0v) is 15.1. The van der Waals surface area contributed by atoms with Gasteiger partial charge in [-0.3, -0.25) is 8.95 Å². The molecule has 2 aromatic heterocycles. The van der Waals surface area contributed by atoms with Gasteiger partial charge in [0.2, 0.25) is 5.65 Å². The lowest BCUT2D eigenvalue weighted by molar-refractivity contribution is 0.490. The van der Waals surface area contributed by atoms with E-state index in [2.05, 4.69) is 27.4 Å². The lowest BCUT2D eigenvalue weighted by Gasteiger charge is -2.08. The van der Waals surface area contributed by atoms with E-state index in [-0.39, 0.29) is 0 Å². The third-order valence-corrected chi connectivity index (χ3v) is 3.25. The molecular formula is C14H18ClN5O3S. The predicted octanol–water partition coefficient (Wildman–Crippen LogP) is 2.43. The Labute approximate surface area is 144 Å². The first-order valence-electron chi connectivity index (χ1n) is 7.24. The number of hydrogen-bond donors (Lipinski definition) is 2. The Hall–Kier alpha value is -1.97. The highest BCUT2D eigenvalue weighted by Crippen LogP contribution is 2.24. The Morgan fingerprint density at radius 3 is 2.54 bits per heavy atom. The predicted molar refractivity (Wildman–Crippen MR) is 94.3 cm³/mol. The second-order valence-corrected chi connectivity index (χ2v) is 6.89. The van der Waals surface area contributed by atoms with Crippen LogP contribution in [-0.2, 0) is 16.5 Å². The van der Waals surface area contributed by atoms with E-state index in [1.165, 1.54) is 0 Å². The molecule has 0 radical (unpaired) electrons. The van der Waals surface area contributed by atoms with Crippen molar-refractivity contribution in [1.29, 1.82) is 0 Å². The number of halogens is 1. The minimum absolute atomic E-state index is 0.674. The Balaban J connectivity index is 0.000000368. The SMILES string of the molecule is CCNc1nc2cc(Cl)ccc2n2c(CC)nnc12.CS(=O)(=O)O. The van der Waals surface area contributed by atoms with Crippen molar-refractivity contribution in [1.82, 2.24) is 19.6 Å². The molecule has 0 unspecified atom stereocenters. The van der Waals surface area contributed by atoms with Crippen LogP contribution in [0.1, 0.15) is 19.7 Å². The van der Waals surface area contributed by atoms with Crippen molar-refractivity contribution in [3.05, 3.63) is 29.0 Å². The van der Waals surface area contributed by atoms with Crippen molar-refractivity contribution < 1.29 is 13.0 Å². The summed E-state index contributed by atoms with van der Waals surface area (Å²) < 4.78 is 27.9. The van der Waals surface area contributed by atoms with Crippen LogP contribution >= 0.6 is 11.6 Å². The van der Waals surface area contributed by atoms with Gasteiger partial charge in [-0.05, 0) is 25.1 Å². The third kappa shape index (κ3) is 4.31. The Kier molecular flexibility index (Phi) is 5.58. The minimum atomic E-state index is -3.67. The number of nitrogens with zero attached hydrogens (tertiary/aromatic N) is 4. The molecule has 3 aromatic rings. The van der Waals surface area contributed by atoms with Gasteiger partial charge in [-0.15, -0.1) is 10.2 Å². The van der Waals surface area contributed by atoms with Crippen molar-refractivity contribution in [3.63, 3.8) is 0 Å². The molecule has 0 saturated heterocycles. The molecule has 10 heteroatoms. The van der Waals surface area contributed by atoms with Gasteiger partial charge in [-0.1, -0.05) is 18.5 Å². The van der Waals surface area contributed by atoms with Crippen molar-refractivity contribution in [3.8, 4) is 0 Å². The summed E-state index contributed by atoms with van der Waals surface area (Å²) in [6.45, 7) is 4.87. The third-order valence-electron chi connectivity index (χ3n) is 3.01. The van der Waals surface area contributed by atoms with Crippen molar-refractivity contribution >= 4 is 44.2 Å². The summed E-state index contributed by atoms with van der Waals surface area (Å²) in [5, 5.41) is 12.4. The molecule has 0 atom stereocenters. The molecule has 24 heavy (non-hydrogen) atoms. The fourth-order valence-corrected chi connectivity index (χ4v) is 2.35. The number of anilines is 1.